The molecule has 1 heterocycles. The van der Waals surface area contributed by atoms with Crippen LogP contribution in [0.5, 0.6) is 0 Å². The van der Waals surface area contributed by atoms with Crippen molar-refractivity contribution in [3.05, 3.63) is 11.2 Å². The zero-order valence-electron chi connectivity index (χ0n) is 9.58. The van der Waals surface area contributed by atoms with Crippen molar-refractivity contribution in [1.82, 2.24) is 5.32 Å². The first-order chi connectivity index (χ1) is 7.16. The zero-order chi connectivity index (χ0) is 11.1. The molecule has 3 nitrogen and oxygen atoms in total. The van der Waals surface area contributed by atoms with Crippen LogP contribution in [0.1, 0.15) is 19.8 Å². The van der Waals surface area contributed by atoms with Crippen LogP contribution in [-0.2, 0) is 9.47 Å². The van der Waals surface area contributed by atoms with Crippen molar-refractivity contribution < 1.29 is 9.47 Å². The minimum Gasteiger partial charge on any atom is -0.487 e. The molecule has 0 aromatic carbocycles. The number of ether oxygens (including phenoxy) is 2. The Labute approximate surface area is 97.6 Å². The fourth-order valence-electron chi connectivity index (χ4n) is 1.55. The standard InChI is InChI=1S/C11H21NO2S/c1-11(5-4-10(15)14-9-11)8-12-6-3-7-13-2/h4,12,15H,3,5-9H2,1-2H3. The van der Waals surface area contributed by atoms with Gasteiger partial charge in [-0.15, -0.1) is 12.6 Å². The third-order valence-electron chi connectivity index (χ3n) is 2.59. The normalized spacial score (nSPS) is 25.9. The Morgan fingerprint density at radius 3 is 3.07 bits per heavy atom. The smallest absolute Gasteiger partial charge is 0.146 e. The van der Waals surface area contributed by atoms with Crippen molar-refractivity contribution in [3.63, 3.8) is 0 Å². The molecule has 1 atom stereocenters. The molecule has 0 spiro atoms. The first-order valence-corrected chi connectivity index (χ1v) is 5.83. The average Bonchev–Trinajstić information content (AvgIpc) is 2.23. The molecule has 1 aliphatic heterocycles. The second-order valence-corrected chi connectivity index (χ2v) is 4.81. The van der Waals surface area contributed by atoms with Crippen LogP contribution < -0.4 is 5.32 Å². The Bertz CT molecular complexity index is 221. The Morgan fingerprint density at radius 1 is 1.67 bits per heavy atom. The lowest BCUT2D eigenvalue weighted by Crippen LogP contribution is -2.37. The molecule has 1 unspecified atom stereocenters. The molecule has 0 radical (unpaired) electrons. The lowest BCUT2D eigenvalue weighted by Gasteiger charge is -2.32. The van der Waals surface area contributed by atoms with Gasteiger partial charge in [-0.25, -0.2) is 0 Å². The van der Waals surface area contributed by atoms with E-state index in [9.17, 15) is 0 Å². The summed E-state index contributed by atoms with van der Waals surface area (Å²) in [5.41, 5.74) is 0.208. The van der Waals surface area contributed by atoms with Crippen LogP contribution >= 0.6 is 12.6 Å². The summed E-state index contributed by atoms with van der Waals surface area (Å²) in [6.07, 6.45) is 4.13. The molecule has 0 saturated heterocycles. The molecule has 1 rings (SSSR count). The second-order valence-electron chi connectivity index (χ2n) is 4.37. The molecule has 0 aromatic rings. The summed E-state index contributed by atoms with van der Waals surface area (Å²) in [6.45, 7) is 5.78. The van der Waals surface area contributed by atoms with Crippen molar-refractivity contribution in [3.8, 4) is 0 Å². The van der Waals surface area contributed by atoms with Crippen LogP contribution in [0.15, 0.2) is 11.2 Å². The molecule has 0 aromatic heterocycles. The summed E-state index contributed by atoms with van der Waals surface area (Å²) in [5, 5.41) is 4.19. The van der Waals surface area contributed by atoms with Crippen molar-refractivity contribution in [2.24, 2.45) is 5.41 Å². The largest absolute Gasteiger partial charge is 0.487 e. The highest BCUT2D eigenvalue weighted by Gasteiger charge is 2.27. The summed E-state index contributed by atoms with van der Waals surface area (Å²) in [6, 6.07) is 0. The van der Waals surface area contributed by atoms with E-state index < -0.39 is 0 Å². The predicted octanol–water partition coefficient (Wildman–Crippen LogP) is 1.81. The molecule has 0 bridgehead atoms. The molecular weight excluding hydrogens is 210 g/mol. The number of rotatable bonds is 6. The maximum Gasteiger partial charge on any atom is 0.146 e. The number of allylic oxidation sites excluding steroid dienone is 1. The van der Waals surface area contributed by atoms with Gasteiger partial charge >= 0.3 is 0 Å². The SMILES string of the molecule is COCCCNCC1(C)CC=C(S)OC1. The van der Waals surface area contributed by atoms with Crippen molar-refractivity contribution in [1.29, 1.82) is 0 Å². The highest BCUT2D eigenvalue weighted by atomic mass is 32.1. The fraction of sp³-hybridized carbons (Fsp3) is 0.818. The van der Waals surface area contributed by atoms with E-state index in [4.69, 9.17) is 9.47 Å². The lowest BCUT2D eigenvalue weighted by atomic mass is 9.86. The van der Waals surface area contributed by atoms with Gasteiger partial charge in [-0.3, -0.25) is 0 Å². The van der Waals surface area contributed by atoms with E-state index in [1.807, 2.05) is 6.08 Å². The Kier molecular flexibility index (Phi) is 5.50. The van der Waals surface area contributed by atoms with E-state index in [-0.39, 0.29) is 5.41 Å². The van der Waals surface area contributed by atoms with Crippen LogP contribution in [0.3, 0.4) is 0 Å². The molecule has 1 aliphatic rings. The van der Waals surface area contributed by atoms with Crippen LogP contribution in [-0.4, -0.2) is 33.4 Å². The van der Waals surface area contributed by atoms with Crippen LogP contribution in [0, 0.1) is 5.41 Å². The van der Waals surface area contributed by atoms with E-state index in [2.05, 4.69) is 24.9 Å². The minimum absolute atomic E-state index is 0.208. The van der Waals surface area contributed by atoms with Crippen LogP contribution in [0.25, 0.3) is 0 Å². The molecule has 0 amide bonds. The van der Waals surface area contributed by atoms with Gasteiger partial charge in [-0.1, -0.05) is 6.92 Å². The number of hydrogen-bond acceptors (Lipinski definition) is 4. The first-order valence-electron chi connectivity index (χ1n) is 5.38. The summed E-state index contributed by atoms with van der Waals surface area (Å²) >= 11 is 4.18. The third kappa shape index (κ3) is 4.91. The number of methoxy groups -OCH3 is 1. The number of nitrogens with one attached hydrogen (secondary N) is 1. The van der Waals surface area contributed by atoms with Crippen LogP contribution in [0.4, 0.5) is 0 Å². The molecule has 0 saturated carbocycles. The van der Waals surface area contributed by atoms with Gasteiger partial charge in [-0.05, 0) is 25.5 Å². The highest BCUT2D eigenvalue weighted by Crippen LogP contribution is 2.28. The van der Waals surface area contributed by atoms with Gasteiger partial charge in [0, 0.05) is 25.7 Å². The molecule has 88 valence electrons. The summed E-state index contributed by atoms with van der Waals surface area (Å²) in [4.78, 5) is 0. The van der Waals surface area contributed by atoms with E-state index in [1.54, 1.807) is 7.11 Å². The Hall–Kier alpha value is -0.190. The van der Waals surface area contributed by atoms with E-state index in [0.29, 0.717) is 0 Å². The van der Waals surface area contributed by atoms with Gasteiger partial charge in [-0.2, -0.15) is 0 Å². The third-order valence-corrected chi connectivity index (χ3v) is 2.90. The lowest BCUT2D eigenvalue weighted by molar-refractivity contribution is 0.0978. The van der Waals surface area contributed by atoms with Gasteiger partial charge in [0.1, 0.15) is 5.09 Å². The quantitative estimate of drug-likeness (QED) is 0.540. The molecule has 1 N–H and O–H groups in total. The van der Waals surface area contributed by atoms with Crippen molar-refractivity contribution >= 4 is 12.6 Å². The highest BCUT2D eigenvalue weighted by molar-refractivity contribution is 7.84. The Morgan fingerprint density at radius 2 is 2.47 bits per heavy atom. The van der Waals surface area contributed by atoms with Gasteiger partial charge < -0.3 is 14.8 Å². The first kappa shape index (κ1) is 12.9. The fourth-order valence-corrected chi connectivity index (χ4v) is 1.71. The van der Waals surface area contributed by atoms with Gasteiger partial charge in [0.25, 0.3) is 0 Å². The number of hydrogen-bond donors (Lipinski definition) is 2. The van der Waals surface area contributed by atoms with E-state index >= 15 is 0 Å². The second kappa shape index (κ2) is 6.40. The molecule has 0 fully saturated rings. The summed E-state index contributed by atoms with van der Waals surface area (Å²) in [7, 11) is 1.73. The zero-order valence-corrected chi connectivity index (χ0v) is 10.5. The minimum atomic E-state index is 0.208. The number of thiol groups is 1. The predicted molar refractivity (Wildman–Crippen MR) is 65.1 cm³/mol. The molecule has 0 aliphatic carbocycles. The summed E-state index contributed by atoms with van der Waals surface area (Å²) in [5.74, 6) is 0. The van der Waals surface area contributed by atoms with Crippen LogP contribution in [0.2, 0.25) is 0 Å². The Balaban J connectivity index is 2.15. The van der Waals surface area contributed by atoms with Gasteiger partial charge in [0.05, 0.1) is 6.61 Å². The molecule has 15 heavy (non-hydrogen) atoms. The monoisotopic (exact) mass is 231 g/mol. The summed E-state index contributed by atoms with van der Waals surface area (Å²) < 4.78 is 10.4. The maximum atomic E-state index is 5.43. The molecule has 4 heteroatoms. The maximum absolute atomic E-state index is 5.43. The van der Waals surface area contributed by atoms with Gasteiger partial charge in [0.15, 0.2) is 0 Å². The van der Waals surface area contributed by atoms with E-state index in [0.717, 1.165) is 44.2 Å². The van der Waals surface area contributed by atoms with Gasteiger partial charge in [0.2, 0.25) is 0 Å². The van der Waals surface area contributed by atoms with Crippen molar-refractivity contribution in [2.45, 2.75) is 19.8 Å². The van der Waals surface area contributed by atoms with E-state index in [1.165, 1.54) is 0 Å². The van der Waals surface area contributed by atoms with Crippen molar-refractivity contribution in [2.75, 3.05) is 33.4 Å². The average molecular weight is 231 g/mol. The topological polar surface area (TPSA) is 30.5 Å². The molecular formula is C11H21NO2S.